The number of fused-ring (bicyclic) bond motifs is 1. The zero-order valence-electron chi connectivity index (χ0n) is 22.5. The molecular weight excluding hydrogens is 507 g/mol. The second-order valence-corrected chi connectivity index (χ2v) is 9.37. The van der Waals surface area contributed by atoms with Crippen LogP contribution in [0.1, 0.15) is 28.4 Å². The zero-order chi connectivity index (χ0) is 28.4. The first kappa shape index (κ1) is 26.4. The Labute approximate surface area is 230 Å². The van der Waals surface area contributed by atoms with Gasteiger partial charge in [-0.1, -0.05) is 30.3 Å². The third-order valence-corrected chi connectivity index (χ3v) is 6.55. The van der Waals surface area contributed by atoms with Crippen LogP contribution in [0.25, 0.3) is 22.0 Å². The maximum atomic E-state index is 15.3. The minimum Gasteiger partial charge on any atom is -0.355 e. The lowest BCUT2D eigenvalue weighted by molar-refractivity contribution is -0.115. The summed E-state index contributed by atoms with van der Waals surface area (Å²) in [5.41, 5.74) is 5.06. The Balaban J connectivity index is 1.46. The van der Waals surface area contributed by atoms with Crippen LogP contribution < -0.4 is 15.5 Å². The van der Waals surface area contributed by atoms with E-state index in [1.165, 1.54) is 17.9 Å². The smallest absolute Gasteiger partial charge is 0.251 e. The monoisotopic (exact) mass is 534 g/mol. The highest BCUT2D eigenvalue weighted by Crippen LogP contribution is 2.32. The molecule has 2 amide bonds. The number of halogens is 1. The number of rotatable bonds is 6. The fourth-order valence-electron chi connectivity index (χ4n) is 4.51. The minimum atomic E-state index is -0.496. The van der Waals surface area contributed by atoms with Gasteiger partial charge in [0.25, 0.3) is 5.91 Å². The van der Waals surface area contributed by atoms with E-state index in [9.17, 15) is 9.59 Å². The third kappa shape index (κ3) is 5.22. The third-order valence-electron chi connectivity index (χ3n) is 6.55. The number of nitrogens with one attached hydrogen (secondary N) is 2. The van der Waals surface area contributed by atoms with Crippen molar-refractivity contribution in [1.82, 2.24) is 20.3 Å². The molecule has 2 aromatic heterocycles. The molecule has 200 valence electrons. The number of aromatic nitrogens is 3. The van der Waals surface area contributed by atoms with Crippen molar-refractivity contribution in [3.63, 3.8) is 0 Å². The number of amides is 2. The maximum absolute atomic E-state index is 15.3. The lowest BCUT2D eigenvalue weighted by Crippen LogP contribution is -2.25. The predicted octanol–water partition coefficient (Wildman–Crippen LogP) is 6.24. The largest absolute Gasteiger partial charge is 0.355 e. The van der Waals surface area contributed by atoms with Crippen LogP contribution in [0.4, 0.5) is 27.5 Å². The number of hydrogen-bond acceptors (Lipinski definition) is 6. The van der Waals surface area contributed by atoms with Crippen LogP contribution in [0.3, 0.4) is 0 Å². The van der Waals surface area contributed by atoms with E-state index in [0.29, 0.717) is 28.2 Å². The van der Waals surface area contributed by atoms with Crippen LogP contribution in [-0.4, -0.2) is 33.8 Å². The summed E-state index contributed by atoms with van der Waals surface area (Å²) in [4.78, 5) is 39.5. The van der Waals surface area contributed by atoms with Crippen molar-refractivity contribution in [2.45, 2.75) is 20.8 Å². The van der Waals surface area contributed by atoms with Crippen LogP contribution in [0.15, 0.2) is 79.1 Å². The molecule has 9 heteroatoms. The molecular formula is C31H27FN6O2. The molecule has 5 rings (SSSR count). The van der Waals surface area contributed by atoms with Crippen LogP contribution in [0.5, 0.6) is 0 Å². The van der Waals surface area contributed by atoms with Gasteiger partial charge in [-0.05, 0) is 66.9 Å². The summed E-state index contributed by atoms with van der Waals surface area (Å²) in [6, 6.07) is 19.6. The molecule has 0 bridgehead atoms. The second-order valence-electron chi connectivity index (χ2n) is 9.37. The van der Waals surface area contributed by atoms with Crippen LogP contribution in [0.2, 0.25) is 0 Å². The minimum absolute atomic E-state index is 0.140. The Hall–Kier alpha value is -5.18. The van der Waals surface area contributed by atoms with Gasteiger partial charge in [0.1, 0.15) is 11.6 Å². The van der Waals surface area contributed by atoms with Crippen LogP contribution in [-0.2, 0) is 4.79 Å². The molecule has 0 saturated heterocycles. The Morgan fingerprint density at radius 2 is 1.65 bits per heavy atom. The molecule has 8 nitrogen and oxygen atoms in total. The lowest BCUT2D eigenvalue weighted by Gasteiger charge is -2.22. The van der Waals surface area contributed by atoms with E-state index in [0.717, 1.165) is 22.0 Å². The van der Waals surface area contributed by atoms with Crippen molar-refractivity contribution in [2.24, 2.45) is 0 Å². The number of carbonyl (C=O) groups is 2. The van der Waals surface area contributed by atoms with E-state index >= 15 is 4.39 Å². The van der Waals surface area contributed by atoms with Crippen molar-refractivity contribution in [2.75, 3.05) is 17.3 Å². The number of hydrogen-bond donors (Lipinski definition) is 2. The maximum Gasteiger partial charge on any atom is 0.251 e. The van der Waals surface area contributed by atoms with Gasteiger partial charge in [-0.15, -0.1) is 0 Å². The van der Waals surface area contributed by atoms with Gasteiger partial charge in [0.05, 0.1) is 23.1 Å². The molecule has 2 N–H and O–H groups in total. The average molecular weight is 535 g/mol. The molecule has 0 unspecified atom stereocenters. The first-order valence-electron chi connectivity index (χ1n) is 12.6. The van der Waals surface area contributed by atoms with Gasteiger partial charge < -0.3 is 10.6 Å². The lowest BCUT2D eigenvalue weighted by atomic mass is 9.98. The quantitative estimate of drug-likeness (QED) is 0.268. The van der Waals surface area contributed by atoms with Gasteiger partial charge in [0.15, 0.2) is 0 Å². The molecule has 0 radical (unpaired) electrons. The summed E-state index contributed by atoms with van der Waals surface area (Å²) >= 11 is 0. The van der Waals surface area contributed by atoms with Crippen LogP contribution in [0, 0.1) is 19.7 Å². The van der Waals surface area contributed by atoms with Gasteiger partial charge in [-0.3, -0.25) is 19.5 Å². The summed E-state index contributed by atoms with van der Waals surface area (Å²) in [7, 11) is 1.57. The second kappa shape index (κ2) is 10.9. The normalized spacial score (nSPS) is 10.8. The van der Waals surface area contributed by atoms with Crippen molar-refractivity contribution in [3.8, 4) is 11.1 Å². The standard InChI is InChI=1S/C31H27FN6O2/c1-18-13-28(26(32)15-25(18)21-9-11-22(12-10-21)30(40)33-4)36-31-35-16-19(2)29(37-31)38(20(3)39)24-14-23-7-5-6-8-27(23)34-17-24/h5-17H,1-4H3,(H,33,40)(H,35,36,37). The van der Waals surface area contributed by atoms with Gasteiger partial charge in [-0.25, -0.2) is 9.37 Å². The molecule has 0 saturated carbocycles. The SMILES string of the molecule is CNC(=O)c1ccc(-c2cc(F)c(Nc3ncc(C)c(N(C(C)=O)c4cnc5ccccc5c4)n3)cc2C)cc1. The highest BCUT2D eigenvalue weighted by atomic mass is 19.1. The fraction of sp³-hybridized carbons (Fsp3) is 0.129. The summed E-state index contributed by atoms with van der Waals surface area (Å²) < 4.78 is 15.3. The number of aryl methyl sites for hydroxylation is 2. The fourth-order valence-corrected chi connectivity index (χ4v) is 4.51. The highest BCUT2D eigenvalue weighted by Gasteiger charge is 2.20. The van der Waals surface area contributed by atoms with E-state index in [1.54, 1.807) is 56.7 Å². The molecule has 2 heterocycles. The average Bonchev–Trinajstić information content (AvgIpc) is 2.96. The molecule has 0 spiro atoms. The molecule has 0 aliphatic carbocycles. The van der Waals surface area contributed by atoms with Gasteiger partial charge in [0.2, 0.25) is 11.9 Å². The number of nitrogens with zero attached hydrogens (tertiary/aromatic N) is 4. The topological polar surface area (TPSA) is 100 Å². The number of anilines is 4. The van der Waals surface area contributed by atoms with Crippen molar-refractivity contribution >= 4 is 45.9 Å². The molecule has 0 aliphatic heterocycles. The van der Waals surface area contributed by atoms with Gasteiger partial charge in [-0.2, -0.15) is 4.98 Å². The van der Waals surface area contributed by atoms with Gasteiger partial charge in [0, 0.05) is 36.7 Å². The number of carbonyl (C=O) groups excluding carboxylic acids is 2. The van der Waals surface area contributed by atoms with E-state index in [2.05, 4.69) is 25.6 Å². The Kier molecular flexibility index (Phi) is 7.20. The first-order chi connectivity index (χ1) is 19.2. The Bertz CT molecular complexity index is 1750. The predicted molar refractivity (Wildman–Crippen MR) is 155 cm³/mol. The molecule has 0 aliphatic rings. The molecule has 0 fully saturated rings. The summed E-state index contributed by atoms with van der Waals surface area (Å²) in [5.74, 6) is -0.428. The Morgan fingerprint density at radius 3 is 2.38 bits per heavy atom. The molecule has 0 atom stereocenters. The molecule has 3 aromatic carbocycles. The molecule has 5 aromatic rings. The van der Waals surface area contributed by atoms with Crippen molar-refractivity contribution in [3.05, 3.63) is 102 Å². The zero-order valence-corrected chi connectivity index (χ0v) is 22.5. The number of benzene rings is 3. The van der Waals surface area contributed by atoms with Crippen molar-refractivity contribution < 1.29 is 14.0 Å². The summed E-state index contributed by atoms with van der Waals surface area (Å²) in [5, 5.41) is 6.43. The Morgan fingerprint density at radius 1 is 0.900 bits per heavy atom. The highest BCUT2D eigenvalue weighted by molar-refractivity contribution is 6.00. The van der Waals surface area contributed by atoms with E-state index in [4.69, 9.17) is 0 Å². The van der Waals surface area contributed by atoms with E-state index in [1.807, 2.05) is 37.3 Å². The summed E-state index contributed by atoms with van der Waals surface area (Å²) in [6.07, 6.45) is 3.21. The number of pyridine rings is 1. The van der Waals surface area contributed by atoms with Crippen LogP contribution >= 0.6 is 0 Å². The van der Waals surface area contributed by atoms with Gasteiger partial charge >= 0.3 is 0 Å². The first-order valence-corrected chi connectivity index (χ1v) is 12.6. The summed E-state index contributed by atoms with van der Waals surface area (Å²) in [6.45, 7) is 5.13. The molecule has 40 heavy (non-hydrogen) atoms. The van der Waals surface area contributed by atoms with E-state index < -0.39 is 5.82 Å². The van der Waals surface area contributed by atoms with Crippen molar-refractivity contribution in [1.29, 1.82) is 0 Å². The van der Waals surface area contributed by atoms with E-state index in [-0.39, 0.29) is 23.5 Å². The number of para-hydroxylation sites is 1.